The standard InChI is InChI=1S/C13H24O2/c1-11(2)9-7-5-6-8-10-13(14)15-12(3)4/h7,9,11-12H,5-6,8,10H2,1-4H3/b9-7-. The largest absolute Gasteiger partial charge is 0.463 e. The van der Waals surface area contributed by atoms with E-state index in [1.54, 1.807) is 0 Å². The van der Waals surface area contributed by atoms with Gasteiger partial charge in [-0.3, -0.25) is 4.79 Å². The average Bonchev–Trinajstić information content (AvgIpc) is 2.09. The van der Waals surface area contributed by atoms with Gasteiger partial charge in [0.2, 0.25) is 0 Å². The van der Waals surface area contributed by atoms with Crippen LogP contribution < -0.4 is 0 Å². The van der Waals surface area contributed by atoms with Crippen molar-refractivity contribution in [3.63, 3.8) is 0 Å². The molecule has 0 unspecified atom stereocenters. The molecule has 2 heteroatoms. The summed E-state index contributed by atoms with van der Waals surface area (Å²) in [5.41, 5.74) is 0. The molecule has 0 amide bonds. The molecule has 0 spiro atoms. The number of ether oxygens (including phenoxy) is 1. The first-order valence-corrected chi connectivity index (χ1v) is 5.88. The molecule has 0 radical (unpaired) electrons. The Balaban J connectivity index is 3.35. The highest BCUT2D eigenvalue weighted by Gasteiger charge is 2.03. The summed E-state index contributed by atoms with van der Waals surface area (Å²) in [6.45, 7) is 8.08. The third kappa shape index (κ3) is 11.1. The van der Waals surface area contributed by atoms with Gasteiger partial charge < -0.3 is 4.74 Å². The number of rotatable bonds is 7. The van der Waals surface area contributed by atoms with Gasteiger partial charge in [0.05, 0.1) is 6.10 Å². The van der Waals surface area contributed by atoms with E-state index in [0.29, 0.717) is 12.3 Å². The number of allylic oxidation sites excluding steroid dienone is 2. The van der Waals surface area contributed by atoms with Crippen LogP contribution in [0.15, 0.2) is 12.2 Å². The molecule has 0 atom stereocenters. The van der Waals surface area contributed by atoms with Crippen molar-refractivity contribution in [1.29, 1.82) is 0 Å². The molecule has 0 saturated heterocycles. The molecule has 0 bridgehead atoms. The van der Waals surface area contributed by atoms with E-state index in [1.807, 2.05) is 13.8 Å². The van der Waals surface area contributed by atoms with Crippen LogP contribution in [0.1, 0.15) is 53.4 Å². The lowest BCUT2D eigenvalue weighted by atomic mass is 10.1. The predicted octanol–water partition coefficient (Wildman–Crippen LogP) is 3.71. The smallest absolute Gasteiger partial charge is 0.306 e. The van der Waals surface area contributed by atoms with E-state index < -0.39 is 0 Å². The molecule has 0 heterocycles. The molecule has 88 valence electrons. The fourth-order valence-corrected chi connectivity index (χ4v) is 1.22. The molecule has 0 aliphatic rings. The molecule has 0 aliphatic heterocycles. The van der Waals surface area contributed by atoms with Crippen molar-refractivity contribution in [2.75, 3.05) is 0 Å². The van der Waals surface area contributed by atoms with Crippen LogP contribution >= 0.6 is 0 Å². The van der Waals surface area contributed by atoms with Gasteiger partial charge in [-0.1, -0.05) is 26.0 Å². The van der Waals surface area contributed by atoms with Gasteiger partial charge in [0.1, 0.15) is 0 Å². The van der Waals surface area contributed by atoms with Crippen LogP contribution in [0.5, 0.6) is 0 Å². The van der Waals surface area contributed by atoms with Crippen LogP contribution in [-0.4, -0.2) is 12.1 Å². The monoisotopic (exact) mass is 212 g/mol. The van der Waals surface area contributed by atoms with Gasteiger partial charge in [0, 0.05) is 6.42 Å². The maximum absolute atomic E-state index is 11.2. The minimum atomic E-state index is -0.0714. The Morgan fingerprint density at radius 1 is 1.20 bits per heavy atom. The van der Waals surface area contributed by atoms with Crippen LogP contribution in [0.2, 0.25) is 0 Å². The molecule has 0 fully saturated rings. The Labute approximate surface area is 93.7 Å². The minimum absolute atomic E-state index is 0.0123. The average molecular weight is 212 g/mol. The van der Waals surface area contributed by atoms with E-state index in [2.05, 4.69) is 26.0 Å². The molecular weight excluding hydrogens is 188 g/mol. The second-order valence-corrected chi connectivity index (χ2v) is 4.46. The predicted molar refractivity (Wildman–Crippen MR) is 63.7 cm³/mol. The van der Waals surface area contributed by atoms with Gasteiger partial charge in [-0.15, -0.1) is 0 Å². The molecular formula is C13H24O2. The maximum atomic E-state index is 11.2. The fourth-order valence-electron chi connectivity index (χ4n) is 1.22. The summed E-state index contributed by atoms with van der Waals surface area (Å²) < 4.78 is 5.04. The third-order valence-corrected chi connectivity index (χ3v) is 1.89. The van der Waals surface area contributed by atoms with Crippen molar-refractivity contribution in [3.05, 3.63) is 12.2 Å². The van der Waals surface area contributed by atoms with Gasteiger partial charge >= 0.3 is 5.97 Å². The van der Waals surface area contributed by atoms with E-state index in [4.69, 9.17) is 4.74 Å². The Kier molecular flexibility index (Phi) is 8.06. The van der Waals surface area contributed by atoms with E-state index in [1.165, 1.54) is 0 Å². The number of carbonyl (C=O) groups excluding carboxylic acids is 1. The Morgan fingerprint density at radius 2 is 1.87 bits per heavy atom. The van der Waals surface area contributed by atoms with Crippen molar-refractivity contribution in [3.8, 4) is 0 Å². The molecule has 0 aromatic heterocycles. The van der Waals surface area contributed by atoms with E-state index >= 15 is 0 Å². The molecule has 0 saturated carbocycles. The topological polar surface area (TPSA) is 26.3 Å². The summed E-state index contributed by atoms with van der Waals surface area (Å²) in [6, 6.07) is 0. The van der Waals surface area contributed by atoms with Crippen LogP contribution in [-0.2, 0) is 9.53 Å². The van der Waals surface area contributed by atoms with Crippen LogP contribution in [0.25, 0.3) is 0 Å². The van der Waals surface area contributed by atoms with E-state index in [9.17, 15) is 4.79 Å². The SMILES string of the molecule is CC(C)/C=C\CCCCC(=O)OC(C)C. The Morgan fingerprint density at radius 3 is 2.40 bits per heavy atom. The summed E-state index contributed by atoms with van der Waals surface area (Å²) in [7, 11) is 0. The van der Waals surface area contributed by atoms with Gasteiger partial charge in [-0.05, 0) is 39.0 Å². The van der Waals surface area contributed by atoms with Crippen molar-refractivity contribution >= 4 is 5.97 Å². The zero-order chi connectivity index (χ0) is 11.7. The zero-order valence-electron chi connectivity index (χ0n) is 10.5. The highest BCUT2D eigenvalue weighted by molar-refractivity contribution is 5.69. The summed E-state index contributed by atoms with van der Waals surface area (Å²) in [5, 5.41) is 0. The van der Waals surface area contributed by atoms with Crippen LogP contribution in [0, 0.1) is 5.92 Å². The number of esters is 1. The van der Waals surface area contributed by atoms with Crippen molar-refractivity contribution in [2.24, 2.45) is 5.92 Å². The second kappa shape index (κ2) is 8.51. The van der Waals surface area contributed by atoms with Crippen LogP contribution in [0.4, 0.5) is 0 Å². The third-order valence-electron chi connectivity index (χ3n) is 1.89. The van der Waals surface area contributed by atoms with E-state index in [-0.39, 0.29) is 12.1 Å². The Bertz CT molecular complexity index is 193. The molecule has 0 rings (SSSR count). The fraction of sp³-hybridized carbons (Fsp3) is 0.769. The molecule has 2 nitrogen and oxygen atoms in total. The highest BCUT2D eigenvalue weighted by Crippen LogP contribution is 2.05. The van der Waals surface area contributed by atoms with Crippen molar-refractivity contribution < 1.29 is 9.53 Å². The first kappa shape index (κ1) is 14.2. The Hall–Kier alpha value is -0.790. The van der Waals surface area contributed by atoms with Crippen molar-refractivity contribution in [2.45, 2.75) is 59.5 Å². The summed E-state index contributed by atoms with van der Waals surface area (Å²) in [5.74, 6) is 0.550. The van der Waals surface area contributed by atoms with Gasteiger partial charge in [0.15, 0.2) is 0 Å². The molecule has 15 heavy (non-hydrogen) atoms. The normalized spacial score (nSPS) is 11.6. The van der Waals surface area contributed by atoms with Gasteiger partial charge in [-0.2, -0.15) is 0 Å². The molecule has 0 aliphatic carbocycles. The van der Waals surface area contributed by atoms with Crippen molar-refractivity contribution in [1.82, 2.24) is 0 Å². The molecule has 0 aromatic carbocycles. The summed E-state index contributed by atoms with van der Waals surface area (Å²) in [6.07, 6.45) is 8.01. The first-order chi connectivity index (χ1) is 7.02. The number of unbranched alkanes of at least 4 members (excludes halogenated alkanes) is 2. The highest BCUT2D eigenvalue weighted by atomic mass is 16.5. The maximum Gasteiger partial charge on any atom is 0.306 e. The first-order valence-electron chi connectivity index (χ1n) is 5.88. The number of hydrogen-bond donors (Lipinski definition) is 0. The summed E-state index contributed by atoms with van der Waals surface area (Å²) >= 11 is 0. The van der Waals surface area contributed by atoms with Gasteiger partial charge in [0.25, 0.3) is 0 Å². The van der Waals surface area contributed by atoms with Gasteiger partial charge in [-0.25, -0.2) is 0 Å². The number of carbonyl (C=O) groups is 1. The molecule has 0 N–H and O–H groups in total. The minimum Gasteiger partial charge on any atom is -0.463 e. The van der Waals surface area contributed by atoms with E-state index in [0.717, 1.165) is 19.3 Å². The molecule has 0 aromatic rings. The summed E-state index contributed by atoms with van der Waals surface area (Å²) in [4.78, 5) is 11.2. The lowest BCUT2D eigenvalue weighted by Gasteiger charge is -2.06. The van der Waals surface area contributed by atoms with Crippen LogP contribution in [0.3, 0.4) is 0 Å². The zero-order valence-corrected chi connectivity index (χ0v) is 10.5. The second-order valence-electron chi connectivity index (χ2n) is 4.46. The lowest BCUT2D eigenvalue weighted by molar-refractivity contribution is -0.147. The number of hydrogen-bond acceptors (Lipinski definition) is 2. The lowest BCUT2D eigenvalue weighted by Crippen LogP contribution is -2.10. The quantitative estimate of drug-likeness (QED) is 0.365.